The molecule has 0 bridgehead atoms. The lowest BCUT2D eigenvalue weighted by Crippen LogP contribution is -2.46. The highest BCUT2D eigenvalue weighted by atomic mass is 16.5. The third-order valence-corrected chi connectivity index (χ3v) is 7.30. The lowest BCUT2D eigenvalue weighted by Gasteiger charge is -2.36. The molecule has 1 fully saturated rings. The number of rotatable bonds is 16. The molecule has 3 heterocycles. The number of nitrogens with two attached hydrogens (primary N) is 1. The number of benzene rings is 1. The van der Waals surface area contributed by atoms with Crippen LogP contribution in [0.25, 0.3) is 10.8 Å². The summed E-state index contributed by atoms with van der Waals surface area (Å²) in [4.78, 5) is 46.8. The van der Waals surface area contributed by atoms with E-state index in [-0.39, 0.29) is 37.1 Å². The molecule has 232 valence electrons. The monoisotopic (exact) mass is 595 g/mol. The standard InChI is InChI=1S/C31H41N5O7/c1-40-30(38)23-35-22-26(8-9-29(35)37)36(12-14-42-16-18-43-17-15-41-13-10-32)31(39)25-6-4-11-34(21-25)28-20-33-19-24-5-2-3-7-27(24)28/h2-3,5,7-9,19-20,22,25H,4,6,10-18,21,23,32H2,1H3/t25-/m0/s1. The molecule has 43 heavy (non-hydrogen) atoms. The summed E-state index contributed by atoms with van der Waals surface area (Å²) in [6, 6.07) is 11.1. The number of anilines is 2. The van der Waals surface area contributed by atoms with Gasteiger partial charge in [-0.25, -0.2) is 0 Å². The first-order valence-corrected chi connectivity index (χ1v) is 14.6. The van der Waals surface area contributed by atoms with Gasteiger partial charge in [0.1, 0.15) is 6.54 Å². The molecule has 2 aromatic heterocycles. The van der Waals surface area contributed by atoms with Crippen molar-refractivity contribution in [2.75, 3.05) is 82.7 Å². The molecule has 1 aromatic carbocycles. The smallest absolute Gasteiger partial charge is 0.325 e. The average molecular weight is 596 g/mol. The number of amides is 1. The molecule has 0 saturated carbocycles. The van der Waals surface area contributed by atoms with Crippen LogP contribution in [-0.2, 0) is 35.1 Å². The number of hydrogen-bond acceptors (Lipinski definition) is 10. The van der Waals surface area contributed by atoms with E-state index in [0.717, 1.165) is 35.8 Å². The fourth-order valence-corrected chi connectivity index (χ4v) is 5.12. The molecule has 1 amide bonds. The van der Waals surface area contributed by atoms with Crippen LogP contribution in [0.1, 0.15) is 12.8 Å². The summed E-state index contributed by atoms with van der Waals surface area (Å²) < 4.78 is 22.6. The zero-order chi connectivity index (χ0) is 30.4. The molecule has 2 N–H and O–H groups in total. The fraction of sp³-hybridized carbons (Fsp3) is 0.484. The van der Waals surface area contributed by atoms with Crippen molar-refractivity contribution >= 4 is 34.0 Å². The van der Waals surface area contributed by atoms with E-state index in [0.29, 0.717) is 51.8 Å². The largest absolute Gasteiger partial charge is 0.468 e. The van der Waals surface area contributed by atoms with Gasteiger partial charge in [0.05, 0.1) is 70.2 Å². The van der Waals surface area contributed by atoms with Crippen molar-refractivity contribution < 1.29 is 28.5 Å². The van der Waals surface area contributed by atoms with Crippen LogP contribution < -0.4 is 21.1 Å². The van der Waals surface area contributed by atoms with Gasteiger partial charge in [-0.15, -0.1) is 0 Å². The van der Waals surface area contributed by atoms with Crippen LogP contribution in [0.5, 0.6) is 0 Å². The summed E-state index contributed by atoms with van der Waals surface area (Å²) in [5.74, 6) is -0.913. The fourth-order valence-electron chi connectivity index (χ4n) is 5.12. The lowest BCUT2D eigenvalue weighted by atomic mass is 9.95. The Bertz CT molecular complexity index is 1390. The van der Waals surface area contributed by atoms with Crippen LogP contribution in [0.15, 0.2) is 59.8 Å². The number of methoxy groups -OCH3 is 1. The maximum atomic E-state index is 14.1. The number of carbonyl (C=O) groups excluding carboxylic acids is 2. The number of hydrogen-bond donors (Lipinski definition) is 1. The molecule has 12 nitrogen and oxygen atoms in total. The number of nitrogens with zero attached hydrogens (tertiary/aromatic N) is 4. The third-order valence-electron chi connectivity index (χ3n) is 7.30. The van der Waals surface area contributed by atoms with Gasteiger partial charge in [0.15, 0.2) is 0 Å². The summed E-state index contributed by atoms with van der Waals surface area (Å²) in [5, 5.41) is 2.14. The van der Waals surface area contributed by atoms with E-state index in [1.54, 1.807) is 11.0 Å². The minimum Gasteiger partial charge on any atom is -0.468 e. The van der Waals surface area contributed by atoms with Gasteiger partial charge in [-0.05, 0) is 18.9 Å². The molecule has 1 saturated heterocycles. The van der Waals surface area contributed by atoms with E-state index in [4.69, 9.17) is 24.7 Å². The number of aromatic nitrogens is 2. The number of piperidine rings is 1. The number of fused-ring (bicyclic) bond motifs is 1. The van der Waals surface area contributed by atoms with Gasteiger partial charge in [-0.1, -0.05) is 24.3 Å². The molecule has 0 unspecified atom stereocenters. The Morgan fingerprint density at radius 1 is 1.00 bits per heavy atom. The Hall–Kier alpha value is -3.84. The Labute approximate surface area is 251 Å². The van der Waals surface area contributed by atoms with Crippen molar-refractivity contribution in [3.63, 3.8) is 0 Å². The second kappa shape index (κ2) is 16.7. The molecule has 0 spiro atoms. The average Bonchev–Trinajstić information content (AvgIpc) is 3.04. The predicted molar refractivity (Wildman–Crippen MR) is 163 cm³/mol. The predicted octanol–water partition coefficient (Wildman–Crippen LogP) is 1.83. The Morgan fingerprint density at radius 3 is 2.51 bits per heavy atom. The number of pyridine rings is 2. The normalized spacial score (nSPS) is 15.0. The summed E-state index contributed by atoms with van der Waals surface area (Å²) >= 11 is 0. The highest BCUT2D eigenvalue weighted by molar-refractivity contribution is 5.96. The van der Waals surface area contributed by atoms with Gasteiger partial charge in [0, 0.05) is 55.4 Å². The van der Waals surface area contributed by atoms with E-state index in [9.17, 15) is 14.4 Å². The number of esters is 1. The zero-order valence-corrected chi connectivity index (χ0v) is 24.7. The minimum atomic E-state index is -0.555. The van der Waals surface area contributed by atoms with Gasteiger partial charge in [-0.3, -0.25) is 19.4 Å². The van der Waals surface area contributed by atoms with Crippen molar-refractivity contribution in [2.45, 2.75) is 19.4 Å². The summed E-state index contributed by atoms with van der Waals surface area (Å²) in [6.45, 7) is 4.25. The van der Waals surface area contributed by atoms with Crippen molar-refractivity contribution in [1.29, 1.82) is 0 Å². The van der Waals surface area contributed by atoms with Gasteiger partial charge in [0.25, 0.3) is 5.56 Å². The highest BCUT2D eigenvalue weighted by Gasteiger charge is 2.31. The first-order chi connectivity index (χ1) is 21.0. The van der Waals surface area contributed by atoms with E-state index in [1.165, 1.54) is 23.9 Å². The van der Waals surface area contributed by atoms with Crippen LogP contribution in [0, 0.1) is 5.92 Å². The van der Waals surface area contributed by atoms with Crippen LogP contribution >= 0.6 is 0 Å². The van der Waals surface area contributed by atoms with E-state index in [1.807, 2.05) is 30.6 Å². The Balaban J connectivity index is 1.46. The molecule has 1 aliphatic heterocycles. The van der Waals surface area contributed by atoms with Crippen molar-refractivity contribution in [1.82, 2.24) is 9.55 Å². The molecule has 1 atom stereocenters. The molecule has 1 aliphatic rings. The van der Waals surface area contributed by atoms with E-state index in [2.05, 4.69) is 16.0 Å². The Morgan fingerprint density at radius 2 is 1.74 bits per heavy atom. The minimum absolute atomic E-state index is 0.0712. The highest BCUT2D eigenvalue weighted by Crippen LogP contribution is 2.30. The summed E-state index contributed by atoms with van der Waals surface area (Å²) in [7, 11) is 1.27. The second-order valence-corrected chi connectivity index (χ2v) is 10.2. The molecule has 3 aromatic rings. The van der Waals surface area contributed by atoms with Crippen LogP contribution in [0.3, 0.4) is 0 Å². The SMILES string of the molecule is COC(=O)Cn1cc(N(CCOCCOCCOCCN)C(=O)[C@H]2CCCN(c3cncc4ccccc34)C2)ccc1=O. The molecule has 0 aliphatic carbocycles. The molecule has 0 radical (unpaired) electrons. The summed E-state index contributed by atoms with van der Waals surface area (Å²) in [5.41, 5.74) is 6.55. The van der Waals surface area contributed by atoms with Gasteiger partial charge >= 0.3 is 5.97 Å². The van der Waals surface area contributed by atoms with Crippen molar-refractivity contribution in [3.05, 3.63) is 65.3 Å². The Kier molecular flexibility index (Phi) is 12.5. The first-order valence-electron chi connectivity index (χ1n) is 14.6. The first kappa shape index (κ1) is 32.1. The zero-order valence-electron chi connectivity index (χ0n) is 24.7. The van der Waals surface area contributed by atoms with Crippen LogP contribution in [-0.4, -0.2) is 94.4 Å². The second-order valence-electron chi connectivity index (χ2n) is 10.2. The van der Waals surface area contributed by atoms with E-state index < -0.39 is 5.97 Å². The quantitative estimate of drug-likeness (QED) is 0.193. The third kappa shape index (κ3) is 9.07. The van der Waals surface area contributed by atoms with Gasteiger partial charge in [-0.2, -0.15) is 0 Å². The molecule has 12 heteroatoms. The van der Waals surface area contributed by atoms with Crippen molar-refractivity contribution in [2.24, 2.45) is 11.7 Å². The maximum absolute atomic E-state index is 14.1. The lowest BCUT2D eigenvalue weighted by molar-refractivity contribution is -0.141. The number of ether oxygens (including phenoxy) is 4. The van der Waals surface area contributed by atoms with Gasteiger partial charge in [0.2, 0.25) is 5.91 Å². The molecule has 4 rings (SSSR count). The topological polar surface area (TPSA) is 138 Å². The maximum Gasteiger partial charge on any atom is 0.325 e. The summed E-state index contributed by atoms with van der Waals surface area (Å²) in [6.07, 6.45) is 6.80. The van der Waals surface area contributed by atoms with E-state index >= 15 is 0 Å². The number of carbonyl (C=O) groups is 2. The molecular formula is C31H41N5O7. The van der Waals surface area contributed by atoms with Crippen LogP contribution in [0.2, 0.25) is 0 Å². The van der Waals surface area contributed by atoms with Crippen molar-refractivity contribution in [3.8, 4) is 0 Å². The van der Waals surface area contributed by atoms with Crippen LogP contribution in [0.4, 0.5) is 11.4 Å². The van der Waals surface area contributed by atoms with Gasteiger partial charge < -0.3 is 39.0 Å². The molecular weight excluding hydrogens is 554 g/mol.